The van der Waals surface area contributed by atoms with Crippen LogP contribution in [0.1, 0.15) is 18.4 Å². The van der Waals surface area contributed by atoms with Crippen molar-refractivity contribution in [1.29, 1.82) is 0 Å². The highest BCUT2D eigenvalue weighted by atomic mass is 16.3. The molecular weight excluding hydrogens is 368 g/mol. The molecule has 2 aliphatic rings. The number of hydrogen-bond donors (Lipinski definition) is 3. The van der Waals surface area contributed by atoms with E-state index in [9.17, 15) is 14.7 Å². The van der Waals surface area contributed by atoms with Gasteiger partial charge in [0, 0.05) is 31.0 Å². The summed E-state index contributed by atoms with van der Waals surface area (Å²) in [6.07, 6.45) is 2.06. The van der Waals surface area contributed by atoms with Gasteiger partial charge in [0.15, 0.2) is 0 Å². The number of nitrogens with zero attached hydrogens (tertiary/aromatic N) is 2. The van der Waals surface area contributed by atoms with Crippen LogP contribution in [0, 0.1) is 5.92 Å². The first-order valence-electron chi connectivity index (χ1n) is 10.0. The number of nitrogens with one attached hydrogen (secondary N) is 2. The first kappa shape index (κ1) is 19.3. The molecule has 1 aliphatic carbocycles. The Kier molecular flexibility index (Phi) is 5.67. The van der Waals surface area contributed by atoms with Gasteiger partial charge in [-0.05, 0) is 42.5 Å². The van der Waals surface area contributed by atoms with Crippen molar-refractivity contribution < 1.29 is 14.7 Å². The van der Waals surface area contributed by atoms with Crippen LogP contribution >= 0.6 is 0 Å². The lowest BCUT2D eigenvalue weighted by atomic mass is 10.1. The van der Waals surface area contributed by atoms with Gasteiger partial charge in [-0.2, -0.15) is 0 Å². The smallest absolute Gasteiger partial charge is 0.322 e. The van der Waals surface area contributed by atoms with E-state index in [2.05, 4.69) is 10.6 Å². The SMILES string of the molecule is O=C1NCCN1c1cccc(NC(=O)N(Cc2ccccc2)[C@H](CO)C2CC2)c1. The van der Waals surface area contributed by atoms with Gasteiger partial charge in [0.05, 0.1) is 12.6 Å². The van der Waals surface area contributed by atoms with E-state index < -0.39 is 0 Å². The fraction of sp³-hybridized carbons (Fsp3) is 0.364. The number of rotatable bonds is 7. The van der Waals surface area contributed by atoms with E-state index in [1.165, 1.54) is 0 Å². The van der Waals surface area contributed by atoms with Crippen LogP contribution in [0.4, 0.5) is 21.0 Å². The van der Waals surface area contributed by atoms with E-state index in [4.69, 9.17) is 0 Å². The Morgan fingerprint density at radius 3 is 2.66 bits per heavy atom. The zero-order valence-electron chi connectivity index (χ0n) is 16.3. The Morgan fingerprint density at radius 1 is 1.21 bits per heavy atom. The van der Waals surface area contributed by atoms with Crippen LogP contribution in [-0.2, 0) is 6.54 Å². The highest BCUT2D eigenvalue weighted by Gasteiger charge is 2.37. The second-order valence-electron chi connectivity index (χ2n) is 7.56. The number of benzene rings is 2. The predicted octanol–water partition coefficient (Wildman–Crippen LogP) is 3.02. The van der Waals surface area contributed by atoms with Gasteiger partial charge < -0.3 is 20.6 Å². The summed E-state index contributed by atoms with van der Waals surface area (Å²) in [7, 11) is 0. The van der Waals surface area contributed by atoms with Crippen LogP contribution < -0.4 is 15.5 Å². The summed E-state index contributed by atoms with van der Waals surface area (Å²) >= 11 is 0. The maximum absolute atomic E-state index is 13.2. The van der Waals surface area contributed by atoms with Gasteiger partial charge >= 0.3 is 12.1 Å². The third kappa shape index (κ3) is 4.51. The van der Waals surface area contributed by atoms with Gasteiger partial charge in [-0.15, -0.1) is 0 Å². The molecular formula is C22H26N4O3. The van der Waals surface area contributed by atoms with Gasteiger partial charge in [0.25, 0.3) is 0 Å². The number of aliphatic hydroxyl groups excluding tert-OH is 1. The minimum atomic E-state index is -0.247. The monoisotopic (exact) mass is 394 g/mol. The molecule has 152 valence electrons. The Bertz CT molecular complexity index is 869. The van der Waals surface area contributed by atoms with Gasteiger partial charge in [-0.25, -0.2) is 9.59 Å². The van der Waals surface area contributed by atoms with Crippen molar-refractivity contribution in [3.8, 4) is 0 Å². The molecule has 0 unspecified atom stereocenters. The molecule has 29 heavy (non-hydrogen) atoms. The zero-order chi connectivity index (χ0) is 20.2. The van der Waals surface area contributed by atoms with Crippen molar-refractivity contribution in [1.82, 2.24) is 10.2 Å². The topological polar surface area (TPSA) is 84.9 Å². The van der Waals surface area contributed by atoms with Crippen molar-refractivity contribution >= 4 is 23.4 Å². The van der Waals surface area contributed by atoms with Crippen LogP contribution in [0.15, 0.2) is 54.6 Å². The molecule has 1 heterocycles. The molecule has 0 spiro atoms. The number of urea groups is 2. The zero-order valence-corrected chi connectivity index (χ0v) is 16.3. The second-order valence-corrected chi connectivity index (χ2v) is 7.56. The van der Waals surface area contributed by atoms with Crippen LogP contribution in [0.2, 0.25) is 0 Å². The summed E-state index contributed by atoms with van der Waals surface area (Å²) in [4.78, 5) is 28.5. The molecule has 4 amide bonds. The maximum atomic E-state index is 13.2. The fourth-order valence-electron chi connectivity index (χ4n) is 3.77. The Hall–Kier alpha value is -3.06. The predicted molar refractivity (Wildman–Crippen MR) is 112 cm³/mol. The number of carbonyl (C=O) groups is 2. The lowest BCUT2D eigenvalue weighted by Crippen LogP contribution is -2.45. The Morgan fingerprint density at radius 2 is 2.00 bits per heavy atom. The first-order valence-corrected chi connectivity index (χ1v) is 10.0. The van der Waals surface area contributed by atoms with Gasteiger partial charge in [-0.1, -0.05) is 36.4 Å². The van der Waals surface area contributed by atoms with Crippen LogP contribution in [-0.4, -0.2) is 47.8 Å². The standard InChI is InChI=1S/C22H26N4O3/c27-15-20(17-9-10-17)26(14-16-5-2-1-3-6-16)22(29)24-18-7-4-8-19(13-18)25-12-11-23-21(25)28/h1-8,13,17,20,27H,9-12,14-15H2,(H,23,28)(H,24,29)/t20-/m1/s1. The van der Waals surface area contributed by atoms with E-state index in [-0.39, 0.29) is 24.7 Å². The molecule has 3 N–H and O–H groups in total. The summed E-state index contributed by atoms with van der Waals surface area (Å²) in [5.41, 5.74) is 2.38. The van der Waals surface area contributed by atoms with Crippen LogP contribution in [0.3, 0.4) is 0 Å². The average molecular weight is 394 g/mol. The quantitative estimate of drug-likeness (QED) is 0.675. The number of hydrogen-bond acceptors (Lipinski definition) is 3. The van der Waals surface area contributed by atoms with Crippen LogP contribution in [0.25, 0.3) is 0 Å². The normalized spacial score (nSPS) is 17.0. The third-order valence-electron chi connectivity index (χ3n) is 5.48. The summed E-state index contributed by atoms with van der Waals surface area (Å²) in [5, 5.41) is 15.7. The van der Waals surface area contributed by atoms with Gasteiger partial charge in [0.2, 0.25) is 0 Å². The lowest BCUT2D eigenvalue weighted by molar-refractivity contribution is 0.124. The number of aliphatic hydroxyl groups is 1. The third-order valence-corrected chi connectivity index (χ3v) is 5.48. The van der Waals surface area contributed by atoms with Crippen molar-refractivity contribution in [2.24, 2.45) is 5.92 Å². The molecule has 7 heteroatoms. The molecule has 0 radical (unpaired) electrons. The maximum Gasteiger partial charge on any atom is 0.322 e. The van der Waals surface area contributed by atoms with Gasteiger partial charge in [0.1, 0.15) is 0 Å². The molecule has 0 bridgehead atoms. The number of carbonyl (C=O) groups excluding carboxylic acids is 2. The Labute approximate surface area is 170 Å². The molecule has 2 aromatic carbocycles. The van der Waals surface area contributed by atoms with E-state index in [1.807, 2.05) is 42.5 Å². The average Bonchev–Trinajstić information content (AvgIpc) is 3.48. The molecule has 2 fully saturated rings. The highest BCUT2D eigenvalue weighted by molar-refractivity contribution is 5.95. The largest absolute Gasteiger partial charge is 0.394 e. The Balaban J connectivity index is 1.52. The number of amides is 4. The molecule has 1 saturated heterocycles. The molecule has 7 nitrogen and oxygen atoms in total. The van der Waals surface area contributed by atoms with E-state index in [0.29, 0.717) is 31.2 Å². The minimum absolute atomic E-state index is 0.0566. The summed E-state index contributed by atoms with van der Waals surface area (Å²) < 4.78 is 0. The van der Waals surface area contributed by atoms with E-state index in [1.54, 1.807) is 21.9 Å². The second kappa shape index (κ2) is 8.53. The van der Waals surface area contributed by atoms with Crippen molar-refractivity contribution in [2.75, 3.05) is 29.9 Å². The first-order chi connectivity index (χ1) is 14.2. The molecule has 2 aromatic rings. The summed E-state index contributed by atoms with van der Waals surface area (Å²) in [5.74, 6) is 0.342. The van der Waals surface area contributed by atoms with E-state index in [0.717, 1.165) is 24.1 Å². The molecule has 1 atom stereocenters. The van der Waals surface area contributed by atoms with Crippen molar-refractivity contribution in [2.45, 2.75) is 25.4 Å². The van der Waals surface area contributed by atoms with E-state index >= 15 is 0 Å². The lowest BCUT2D eigenvalue weighted by Gasteiger charge is -2.31. The molecule has 0 aromatic heterocycles. The van der Waals surface area contributed by atoms with Crippen molar-refractivity contribution in [3.63, 3.8) is 0 Å². The van der Waals surface area contributed by atoms with Gasteiger partial charge in [-0.3, -0.25) is 4.90 Å². The number of anilines is 2. The summed E-state index contributed by atoms with van der Waals surface area (Å²) in [6.45, 7) is 1.59. The molecule has 4 rings (SSSR count). The fourth-order valence-corrected chi connectivity index (χ4v) is 3.77. The molecule has 1 saturated carbocycles. The van der Waals surface area contributed by atoms with Crippen LogP contribution in [0.5, 0.6) is 0 Å². The molecule has 1 aliphatic heterocycles. The summed E-state index contributed by atoms with van der Waals surface area (Å²) in [6, 6.07) is 16.5. The van der Waals surface area contributed by atoms with Crippen molar-refractivity contribution in [3.05, 3.63) is 60.2 Å². The minimum Gasteiger partial charge on any atom is -0.394 e. The highest BCUT2D eigenvalue weighted by Crippen LogP contribution is 2.36.